The van der Waals surface area contributed by atoms with Gasteiger partial charge in [0.2, 0.25) is 0 Å². The fraction of sp³-hybridized carbons (Fsp3) is 0.154. The van der Waals surface area contributed by atoms with Crippen molar-refractivity contribution in [2.24, 2.45) is 0 Å². The van der Waals surface area contributed by atoms with Crippen molar-refractivity contribution in [1.29, 1.82) is 0 Å². The van der Waals surface area contributed by atoms with Gasteiger partial charge in [0.25, 0.3) is 11.5 Å². The van der Waals surface area contributed by atoms with E-state index in [0.717, 1.165) is 27.7 Å². The zero-order chi connectivity index (χ0) is 22.9. The molecular weight excluding hydrogens is 414 g/mol. The van der Waals surface area contributed by atoms with Gasteiger partial charge in [-0.05, 0) is 37.6 Å². The van der Waals surface area contributed by atoms with Crippen molar-refractivity contribution >= 4 is 22.3 Å². The van der Waals surface area contributed by atoms with Crippen LogP contribution in [-0.2, 0) is 6.54 Å². The van der Waals surface area contributed by atoms with Crippen LogP contribution in [0.1, 0.15) is 21.6 Å². The van der Waals surface area contributed by atoms with Crippen LogP contribution >= 0.6 is 0 Å². The molecule has 0 aliphatic carbocycles. The van der Waals surface area contributed by atoms with Gasteiger partial charge >= 0.3 is 0 Å². The van der Waals surface area contributed by atoms with Gasteiger partial charge in [0.1, 0.15) is 11.2 Å². The molecule has 0 unspecified atom stereocenters. The number of pyridine rings is 1. The molecule has 0 spiro atoms. The van der Waals surface area contributed by atoms with Crippen molar-refractivity contribution in [1.82, 2.24) is 24.5 Å². The number of para-hydroxylation sites is 1. The molecule has 0 saturated heterocycles. The second kappa shape index (κ2) is 8.35. The van der Waals surface area contributed by atoms with Crippen LogP contribution in [0.5, 0.6) is 0 Å². The minimum atomic E-state index is -0.267. The molecular formula is C26H23N5O2. The molecule has 1 N–H and O–H groups in total. The number of carbonyl (C=O) groups is 1. The lowest BCUT2D eigenvalue weighted by Gasteiger charge is -2.08. The monoisotopic (exact) mass is 437 g/mol. The highest BCUT2D eigenvalue weighted by molar-refractivity contribution is 5.94. The zero-order valence-corrected chi connectivity index (χ0v) is 18.4. The first-order chi connectivity index (χ1) is 16.0. The quantitative estimate of drug-likeness (QED) is 0.454. The molecule has 0 fully saturated rings. The second-order valence-corrected chi connectivity index (χ2v) is 8.12. The first-order valence-corrected chi connectivity index (χ1v) is 10.8. The SMILES string of the molecule is Cc1ccc(-c2cc3c(=O)n(CCNC(=O)c4ccc5ccccc5n4)ccn3n2)c(C)c1. The Labute approximate surface area is 190 Å². The van der Waals surface area contributed by atoms with Crippen molar-refractivity contribution in [2.75, 3.05) is 6.54 Å². The smallest absolute Gasteiger partial charge is 0.276 e. The summed E-state index contributed by atoms with van der Waals surface area (Å²) in [7, 11) is 0. The zero-order valence-electron chi connectivity index (χ0n) is 18.4. The van der Waals surface area contributed by atoms with Crippen LogP contribution in [-0.4, -0.2) is 31.6 Å². The predicted octanol–water partition coefficient (Wildman–Crippen LogP) is 3.76. The highest BCUT2D eigenvalue weighted by Crippen LogP contribution is 2.23. The van der Waals surface area contributed by atoms with E-state index in [0.29, 0.717) is 24.3 Å². The van der Waals surface area contributed by atoms with E-state index in [-0.39, 0.29) is 11.5 Å². The molecule has 0 bridgehead atoms. The normalized spacial score (nSPS) is 11.2. The Morgan fingerprint density at radius 2 is 1.85 bits per heavy atom. The van der Waals surface area contributed by atoms with Gasteiger partial charge in [0, 0.05) is 36.4 Å². The van der Waals surface area contributed by atoms with Gasteiger partial charge in [-0.15, -0.1) is 0 Å². The fourth-order valence-electron chi connectivity index (χ4n) is 4.01. The van der Waals surface area contributed by atoms with Crippen molar-refractivity contribution in [3.05, 3.63) is 100 Å². The molecule has 7 nitrogen and oxygen atoms in total. The summed E-state index contributed by atoms with van der Waals surface area (Å²) in [6, 6.07) is 19.2. The standard InChI is InChI=1S/C26H23N5O2/c1-17-7-9-20(18(2)15-17)23-16-24-26(33)30(13-14-31(24)29-23)12-11-27-25(32)22-10-8-19-5-3-4-6-21(19)28-22/h3-10,13-16H,11-12H2,1-2H3,(H,27,32). The lowest BCUT2D eigenvalue weighted by molar-refractivity contribution is 0.0947. The lowest BCUT2D eigenvalue weighted by Crippen LogP contribution is -2.31. The number of rotatable bonds is 5. The van der Waals surface area contributed by atoms with E-state index in [1.165, 1.54) is 5.56 Å². The summed E-state index contributed by atoms with van der Waals surface area (Å²) in [5, 5.41) is 8.40. The molecule has 3 aromatic heterocycles. The van der Waals surface area contributed by atoms with E-state index in [1.54, 1.807) is 27.5 Å². The van der Waals surface area contributed by atoms with Crippen LogP contribution in [0.4, 0.5) is 0 Å². The number of carbonyl (C=O) groups excluding carboxylic acids is 1. The molecule has 5 aromatic rings. The Hall–Kier alpha value is -4.26. The Morgan fingerprint density at radius 1 is 1.00 bits per heavy atom. The lowest BCUT2D eigenvalue weighted by atomic mass is 10.0. The van der Waals surface area contributed by atoms with Crippen molar-refractivity contribution in [3.63, 3.8) is 0 Å². The first kappa shape index (κ1) is 20.6. The number of hydrogen-bond donors (Lipinski definition) is 1. The molecule has 33 heavy (non-hydrogen) atoms. The van der Waals surface area contributed by atoms with E-state index in [9.17, 15) is 9.59 Å². The molecule has 3 heterocycles. The Bertz CT molecular complexity index is 1560. The maximum Gasteiger partial charge on any atom is 0.276 e. The van der Waals surface area contributed by atoms with Gasteiger partial charge in [0.15, 0.2) is 0 Å². The number of amides is 1. The maximum atomic E-state index is 13.0. The number of aromatic nitrogens is 4. The third kappa shape index (κ3) is 4.01. The maximum absolute atomic E-state index is 13.0. The van der Waals surface area contributed by atoms with E-state index in [4.69, 9.17) is 0 Å². The number of aryl methyl sites for hydroxylation is 2. The highest BCUT2D eigenvalue weighted by atomic mass is 16.2. The topological polar surface area (TPSA) is 81.3 Å². The van der Waals surface area contributed by atoms with Gasteiger partial charge in [0.05, 0.1) is 11.2 Å². The van der Waals surface area contributed by atoms with E-state index < -0.39 is 0 Å². The largest absolute Gasteiger partial charge is 0.349 e. The summed E-state index contributed by atoms with van der Waals surface area (Å²) in [5.74, 6) is -0.267. The number of nitrogens with zero attached hydrogens (tertiary/aromatic N) is 4. The summed E-state index contributed by atoms with van der Waals surface area (Å²) < 4.78 is 3.18. The van der Waals surface area contributed by atoms with E-state index >= 15 is 0 Å². The first-order valence-electron chi connectivity index (χ1n) is 10.8. The van der Waals surface area contributed by atoms with Crippen LogP contribution in [0.25, 0.3) is 27.7 Å². The Balaban J connectivity index is 1.32. The van der Waals surface area contributed by atoms with Crippen molar-refractivity contribution in [3.8, 4) is 11.3 Å². The number of hydrogen-bond acceptors (Lipinski definition) is 4. The van der Waals surface area contributed by atoms with Crippen LogP contribution in [0.3, 0.4) is 0 Å². The highest BCUT2D eigenvalue weighted by Gasteiger charge is 2.12. The fourth-order valence-corrected chi connectivity index (χ4v) is 4.01. The Morgan fingerprint density at radius 3 is 2.70 bits per heavy atom. The minimum Gasteiger partial charge on any atom is -0.349 e. The van der Waals surface area contributed by atoms with E-state index in [2.05, 4.69) is 21.5 Å². The molecule has 0 aliphatic heterocycles. The van der Waals surface area contributed by atoms with Crippen molar-refractivity contribution < 1.29 is 4.79 Å². The number of fused-ring (bicyclic) bond motifs is 2. The minimum absolute atomic E-state index is 0.154. The molecule has 0 aliphatic rings. The second-order valence-electron chi connectivity index (χ2n) is 8.12. The van der Waals surface area contributed by atoms with Gasteiger partial charge < -0.3 is 9.88 Å². The van der Waals surface area contributed by atoms with Gasteiger partial charge in [-0.1, -0.05) is 48.0 Å². The molecule has 1 amide bonds. The third-order valence-corrected chi connectivity index (χ3v) is 5.73. The molecule has 5 rings (SSSR count). The van der Waals surface area contributed by atoms with Gasteiger partial charge in [-0.3, -0.25) is 9.59 Å². The Kier molecular flexibility index (Phi) is 5.22. The van der Waals surface area contributed by atoms with Crippen LogP contribution in [0, 0.1) is 13.8 Å². The molecule has 7 heteroatoms. The number of benzene rings is 2. The molecule has 0 saturated carbocycles. The molecule has 2 aromatic carbocycles. The van der Waals surface area contributed by atoms with Gasteiger partial charge in [-0.2, -0.15) is 5.10 Å². The summed E-state index contributed by atoms with van der Waals surface area (Å²) in [5.41, 5.74) is 5.53. The van der Waals surface area contributed by atoms with Crippen LogP contribution in [0.2, 0.25) is 0 Å². The third-order valence-electron chi connectivity index (χ3n) is 5.73. The predicted molar refractivity (Wildman–Crippen MR) is 128 cm³/mol. The molecule has 0 radical (unpaired) electrons. The van der Waals surface area contributed by atoms with E-state index in [1.807, 2.05) is 62.4 Å². The van der Waals surface area contributed by atoms with Crippen molar-refractivity contribution in [2.45, 2.75) is 20.4 Å². The molecule has 0 atom stereocenters. The summed E-state index contributed by atoms with van der Waals surface area (Å²) in [6.07, 6.45) is 3.45. The summed E-state index contributed by atoms with van der Waals surface area (Å²) >= 11 is 0. The number of nitrogens with one attached hydrogen (secondary N) is 1. The van der Waals surface area contributed by atoms with Crippen LogP contribution < -0.4 is 10.9 Å². The van der Waals surface area contributed by atoms with Gasteiger partial charge in [-0.25, -0.2) is 9.50 Å². The van der Waals surface area contributed by atoms with Crippen LogP contribution in [0.15, 0.2) is 77.9 Å². The summed E-state index contributed by atoms with van der Waals surface area (Å²) in [6.45, 7) is 4.74. The average molecular weight is 438 g/mol. The molecule has 164 valence electrons. The summed E-state index contributed by atoms with van der Waals surface area (Å²) in [4.78, 5) is 29.9. The average Bonchev–Trinajstić information content (AvgIpc) is 3.25.